The van der Waals surface area contributed by atoms with Crippen molar-refractivity contribution < 1.29 is 30.8 Å². The lowest BCUT2D eigenvalue weighted by Gasteiger charge is -2.19. The van der Waals surface area contributed by atoms with Crippen LogP contribution in [0.4, 0.5) is 24.9 Å². The number of aromatic nitrogens is 2. The minimum absolute atomic E-state index is 0.146. The number of carbonyl (C=O) groups is 1. The van der Waals surface area contributed by atoms with E-state index in [1.807, 2.05) is 5.32 Å². The number of anilines is 2. The van der Waals surface area contributed by atoms with Crippen LogP contribution in [0.3, 0.4) is 0 Å². The fourth-order valence-corrected chi connectivity index (χ4v) is 3.67. The SMILES string of the molecule is CN(c1ccc(Cl)cc1)S(=O)(=O)c1cccc(C(=O)Nc2nnc(C(F)(F)F)o2)c1. The number of rotatable bonds is 5. The van der Waals surface area contributed by atoms with Gasteiger partial charge in [-0.05, 0) is 42.5 Å². The van der Waals surface area contributed by atoms with Crippen LogP contribution in [0.5, 0.6) is 0 Å². The lowest BCUT2D eigenvalue weighted by atomic mass is 10.2. The highest BCUT2D eigenvalue weighted by Gasteiger charge is 2.38. The van der Waals surface area contributed by atoms with E-state index in [9.17, 15) is 26.4 Å². The Balaban J connectivity index is 1.83. The van der Waals surface area contributed by atoms with Crippen LogP contribution in [0, 0.1) is 0 Å². The van der Waals surface area contributed by atoms with Gasteiger partial charge in [0.15, 0.2) is 0 Å². The maximum absolute atomic E-state index is 12.9. The molecule has 0 aliphatic heterocycles. The van der Waals surface area contributed by atoms with Gasteiger partial charge in [0.05, 0.1) is 10.6 Å². The zero-order chi connectivity index (χ0) is 22.1. The smallest absolute Gasteiger partial charge is 0.399 e. The Bertz CT molecular complexity index is 1180. The van der Waals surface area contributed by atoms with Crippen molar-refractivity contribution in [3.05, 3.63) is 65.0 Å². The molecule has 0 atom stereocenters. The maximum Gasteiger partial charge on any atom is 0.470 e. The molecule has 8 nitrogen and oxygen atoms in total. The quantitative estimate of drug-likeness (QED) is 0.620. The highest BCUT2D eigenvalue weighted by molar-refractivity contribution is 7.92. The molecule has 0 fully saturated rings. The molecule has 0 aliphatic rings. The van der Waals surface area contributed by atoms with Crippen molar-refractivity contribution in [2.45, 2.75) is 11.1 Å². The number of amides is 1. The molecular weight excluding hydrogens is 449 g/mol. The van der Waals surface area contributed by atoms with E-state index in [1.165, 1.54) is 49.5 Å². The minimum Gasteiger partial charge on any atom is -0.399 e. The number of benzene rings is 2. The van der Waals surface area contributed by atoms with E-state index in [-0.39, 0.29) is 10.5 Å². The molecule has 30 heavy (non-hydrogen) atoms. The summed E-state index contributed by atoms with van der Waals surface area (Å²) in [5.41, 5.74) is 0.187. The molecule has 0 bridgehead atoms. The van der Waals surface area contributed by atoms with Gasteiger partial charge in [0.25, 0.3) is 15.9 Å². The third-order valence-electron chi connectivity index (χ3n) is 3.83. The van der Waals surface area contributed by atoms with Gasteiger partial charge < -0.3 is 4.42 Å². The first-order valence-corrected chi connectivity index (χ1v) is 9.87. The largest absolute Gasteiger partial charge is 0.470 e. The number of sulfonamides is 1. The van der Waals surface area contributed by atoms with Gasteiger partial charge in [0.2, 0.25) is 0 Å². The molecule has 3 aromatic rings. The number of hydrogen-bond donors (Lipinski definition) is 1. The van der Waals surface area contributed by atoms with E-state index in [0.29, 0.717) is 10.7 Å². The Labute approximate surface area is 173 Å². The molecule has 1 aromatic heterocycles. The second-order valence-corrected chi connectivity index (χ2v) is 8.25. The zero-order valence-corrected chi connectivity index (χ0v) is 16.6. The van der Waals surface area contributed by atoms with Gasteiger partial charge >= 0.3 is 18.1 Å². The van der Waals surface area contributed by atoms with Crippen LogP contribution in [0.2, 0.25) is 5.02 Å². The maximum atomic E-state index is 12.9. The normalized spacial score (nSPS) is 11.9. The molecule has 0 radical (unpaired) electrons. The predicted molar refractivity (Wildman–Crippen MR) is 101 cm³/mol. The number of halogens is 4. The second kappa shape index (κ2) is 7.95. The molecule has 1 heterocycles. The highest BCUT2D eigenvalue weighted by atomic mass is 35.5. The van der Waals surface area contributed by atoms with E-state index in [4.69, 9.17) is 11.6 Å². The van der Waals surface area contributed by atoms with Crippen molar-refractivity contribution in [1.82, 2.24) is 10.2 Å². The Morgan fingerprint density at radius 2 is 1.80 bits per heavy atom. The van der Waals surface area contributed by atoms with Crippen molar-refractivity contribution >= 4 is 39.2 Å². The molecule has 2 aromatic carbocycles. The Morgan fingerprint density at radius 3 is 2.40 bits per heavy atom. The number of hydrogen-bond acceptors (Lipinski definition) is 6. The molecule has 158 valence electrons. The summed E-state index contributed by atoms with van der Waals surface area (Å²) < 4.78 is 68.5. The summed E-state index contributed by atoms with van der Waals surface area (Å²) in [7, 11) is -2.72. The first-order chi connectivity index (χ1) is 14.0. The van der Waals surface area contributed by atoms with Crippen molar-refractivity contribution in [2.24, 2.45) is 0 Å². The van der Waals surface area contributed by atoms with Gasteiger partial charge in [-0.3, -0.25) is 14.4 Å². The van der Waals surface area contributed by atoms with Gasteiger partial charge in [-0.1, -0.05) is 22.8 Å². The van der Waals surface area contributed by atoms with Crippen molar-refractivity contribution in [2.75, 3.05) is 16.7 Å². The van der Waals surface area contributed by atoms with Crippen LogP contribution >= 0.6 is 11.6 Å². The lowest BCUT2D eigenvalue weighted by molar-refractivity contribution is -0.156. The third-order valence-corrected chi connectivity index (χ3v) is 5.87. The lowest BCUT2D eigenvalue weighted by Crippen LogP contribution is -2.26. The summed E-state index contributed by atoms with van der Waals surface area (Å²) in [6, 6.07) is 10.2. The Morgan fingerprint density at radius 1 is 1.13 bits per heavy atom. The van der Waals surface area contributed by atoms with Crippen LogP contribution in [-0.4, -0.2) is 31.6 Å². The minimum atomic E-state index is -4.86. The van der Waals surface area contributed by atoms with E-state index in [0.717, 1.165) is 10.4 Å². The van der Waals surface area contributed by atoms with Crippen LogP contribution < -0.4 is 9.62 Å². The van der Waals surface area contributed by atoms with Crippen LogP contribution in [0.25, 0.3) is 0 Å². The predicted octanol–water partition coefficient (Wildman–Crippen LogP) is 3.82. The average Bonchev–Trinajstić information content (AvgIpc) is 3.17. The number of alkyl halides is 3. The molecule has 1 N–H and O–H groups in total. The fourth-order valence-electron chi connectivity index (χ4n) is 2.30. The van der Waals surface area contributed by atoms with Gasteiger partial charge in [0.1, 0.15) is 0 Å². The van der Waals surface area contributed by atoms with Gasteiger partial charge in [-0.25, -0.2) is 8.42 Å². The summed E-state index contributed by atoms with van der Waals surface area (Å²) in [5.74, 6) is -2.56. The molecule has 0 spiro atoms. The average molecular weight is 461 g/mol. The molecule has 0 aliphatic carbocycles. The van der Waals surface area contributed by atoms with Crippen LogP contribution in [0.1, 0.15) is 16.2 Å². The monoisotopic (exact) mass is 460 g/mol. The summed E-state index contributed by atoms with van der Waals surface area (Å²) in [6.45, 7) is 0. The summed E-state index contributed by atoms with van der Waals surface area (Å²) in [6.07, 6.45) is -4.86. The summed E-state index contributed by atoms with van der Waals surface area (Å²) in [4.78, 5) is 12.1. The first kappa shape index (κ1) is 21.6. The van der Waals surface area contributed by atoms with E-state index in [1.54, 1.807) is 0 Å². The van der Waals surface area contributed by atoms with Crippen molar-refractivity contribution in [3.8, 4) is 0 Å². The Hall–Kier alpha value is -3.12. The molecule has 0 saturated heterocycles. The topological polar surface area (TPSA) is 105 Å². The van der Waals surface area contributed by atoms with E-state index >= 15 is 0 Å². The number of nitrogens with one attached hydrogen (secondary N) is 1. The van der Waals surface area contributed by atoms with Gasteiger partial charge in [-0.2, -0.15) is 13.2 Å². The van der Waals surface area contributed by atoms with Crippen LogP contribution in [0.15, 0.2) is 57.8 Å². The van der Waals surface area contributed by atoms with Crippen molar-refractivity contribution in [1.29, 1.82) is 0 Å². The third kappa shape index (κ3) is 4.54. The molecular formula is C17H12ClF3N4O4S. The fraction of sp³-hybridized carbons (Fsp3) is 0.118. The zero-order valence-electron chi connectivity index (χ0n) is 15.0. The molecule has 0 saturated carbocycles. The molecule has 0 unspecified atom stereocenters. The van der Waals surface area contributed by atoms with Crippen molar-refractivity contribution in [3.63, 3.8) is 0 Å². The molecule has 3 rings (SSSR count). The number of nitrogens with zero attached hydrogens (tertiary/aromatic N) is 3. The van der Waals surface area contributed by atoms with Gasteiger partial charge in [0, 0.05) is 17.6 Å². The highest BCUT2D eigenvalue weighted by Crippen LogP contribution is 2.29. The Kier molecular flexibility index (Phi) is 5.72. The van der Waals surface area contributed by atoms with Crippen LogP contribution in [-0.2, 0) is 16.2 Å². The summed E-state index contributed by atoms with van der Waals surface area (Å²) >= 11 is 5.80. The molecule has 13 heteroatoms. The standard InChI is InChI=1S/C17H12ClF3N4O4S/c1-25(12-7-5-11(18)6-8-12)30(27,28)13-4-2-3-10(9-13)14(26)22-16-24-23-15(29-16)17(19,20)21/h2-9H,1H3,(H,22,24,26). The second-order valence-electron chi connectivity index (χ2n) is 5.84. The summed E-state index contributed by atoms with van der Waals surface area (Å²) in [5, 5.41) is 8.30. The van der Waals surface area contributed by atoms with E-state index in [2.05, 4.69) is 14.6 Å². The molecule has 1 amide bonds. The van der Waals surface area contributed by atoms with Gasteiger partial charge in [-0.15, -0.1) is 5.10 Å². The first-order valence-electron chi connectivity index (χ1n) is 8.05. The number of carbonyl (C=O) groups excluding carboxylic acids is 1. The van der Waals surface area contributed by atoms with E-state index < -0.39 is 34.0 Å².